The second kappa shape index (κ2) is 9.24. The van der Waals surface area contributed by atoms with E-state index in [4.69, 9.17) is 0 Å². The molecule has 128 valence electrons. The van der Waals surface area contributed by atoms with Gasteiger partial charge in [0, 0.05) is 0 Å². The summed E-state index contributed by atoms with van der Waals surface area (Å²) in [5.41, 5.74) is -4.11. The average molecular weight is 416 g/mol. The van der Waals surface area contributed by atoms with Gasteiger partial charge < -0.3 is 39.6 Å². The fourth-order valence-corrected chi connectivity index (χ4v) is 1.65. The van der Waals surface area contributed by atoms with E-state index < -0.39 is 34.7 Å². The minimum atomic E-state index is -2.06. The maximum absolute atomic E-state index is 10.3. The number of hydrogen-bond donors (Lipinski definition) is 0. The summed E-state index contributed by atoms with van der Waals surface area (Å²) in [6.45, 7) is 0. The predicted octanol–water partition coefficient (Wildman–Crippen LogP) is -4.81. The van der Waals surface area contributed by atoms with E-state index in [1.54, 1.807) is 0 Å². The third-order valence-electron chi connectivity index (χ3n) is 3.01. The molecule has 0 heterocycles. The molecule has 24 heavy (non-hydrogen) atoms. The normalized spacial score (nSPS) is 17.0. The zero-order chi connectivity index (χ0) is 17.0. The van der Waals surface area contributed by atoms with E-state index in [1.165, 1.54) is 24.3 Å². The molecule has 0 atom stereocenters. The molecule has 8 nitrogen and oxygen atoms in total. The van der Waals surface area contributed by atoms with Crippen LogP contribution in [0, 0.1) is 10.8 Å². The van der Waals surface area contributed by atoms with Crippen molar-refractivity contribution < 1.29 is 73.7 Å². The second-order valence-electron chi connectivity index (χ2n) is 4.32. The Morgan fingerprint density at radius 3 is 0.750 bits per heavy atom. The molecular weight excluding hydrogens is 408 g/mol. The van der Waals surface area contributed by atoms with Gasteiger partial charge in [-0.15, -0.1) is 0 Å². The molecule has 2 aliphatic carbocycles. The van der Waals surface area contributed by atoms with Crippen LogP contribution in [-0.4, -0.2) is 23.9 Å². The minimum Gasteiger partial charge on any atom is -0.548 e. The largest absolute Gasteiger partial charge is 2.00 e. The van der Waals surface area contributed by atoms with Crippen molar-refractivity contribution >= 4 is 23.9 Å². The van der Waals surface area contributed by atoms with Crippen LogP contribution in [0.5, 0.6) is 0 Å². The summed E-state index contributed by atoms with van der Waals surface area (Å²) >= 11 is 0. The van der Waals surface area contributed by atoms with Crippen LogP contribution >= 0.6 is 0 Å². The SMILES string of the molecule is O=C([O-])C1(C(=O)[O-])C=CC=C1.O=C([O-])C1(C(=O)[O-])C=CC=C1.[Fe+2].[Fe+2]. The van der Waals surface area contributed by atoms with E-state index >= 15 is 0 Å². The quantitative estimate of drug-likeness (QED) is 0.326. The molecule has 0 radical (unpaired) electrons. The topological polar surface area (TPSA) is 161 Å². The van der Waals surface area contributed by atoms with Gasteiger partial charge in [-0.3, -0.25) is 0 Å². The van der Waals surface area contributed by atoms with E-state index in [0.29, 0.717) is 0 Å². The summed E-state index contributed by atoms with van der Waals surface area (Å²) in [4.78, 5) is 41.3. The van der Waals surface area contributed by atoms with Crippen molar-refractivity contribution in [3.05, 3.63) is 48.6 Å². The molecule has 10 heteroatoms. The zero-order valence-electron chi connectivity index (χ0n) is 11.6. The van der Waals surface area contributed by atoms with Crippen LogP contribution in [0.25, 0.3) is 0 Å². The van der Waals surface area contributed by atoms with Crippen LogP contribution in [0.3, 0.4) is 0 Å². The summed E-state index contributed by atoms with van der Waals surface area (Å²) in [5.74, 6) is -6.71. The number of rotatable bonds is 4. The number of carbonyl (C=O) groups excluding carboxylic acids is 4. The van der Waals surface area contributed by atoms with Crippen molar-refractivity contribution in [3.8, 4) is 0 Å². The molecule has 0 aromatic carbocycles. The van der Waals surface area contributed by atoms with Crippen LogP contribution in [0.15, 0.2) is 48.6 Å². The van der Waals surface area contributed by atoms with Gasteiger partial charge in [-0.2, -0.15) is 0 Å². The maximum Gasteiger partial charge on any atom is 2.00 e. The van der Waals surface area contributed by atoms with Gasteiger partial charge in [0.2, 0.25) is 0 Å². The van der Waals surface area contributed by atoms with E-state index in [1.807, 2.05) is 0 Å². The van der Waals surface area contributed by atoms with Crippen molar-refractivity contribution in [1.82, 2.24) is 0 Å². The van der Waals surface area contributed by atoms with Gasteiger partial charge in [0.25, 0.3) is 0 Å². The molecule has 2 aliphatic rings. The van der Waals surface area contributed by atoms with Gasteiger partial charge in [-0.25, -0.2) is 0 Å². The first-order valence-corrected chi connectivity index (χ1v) is 5.79. The Bertz CT molecular complexity index is 533. The number of carboxylic acid groups (broad SMARTS) is 4. The van der Waals surface area contributed by atoms with Gasteiger partial charge in [0.05, 0.1) is 34.7 Å². The fraction of sp³-hybridized carbons (Fsp3) is 0.143. The summed E-state index contributed by atoms with van der Waals surface area (Å²) < 4.78 is 0. The molecule has 0 spiro atoms. The third-order valence-corrected chi connectivity index (χ3v) is 3.01. The van der Waals surface area contributed by atoms with Crippen LogP contribution in [-0.2, 0) is 53.3 Å². The summed E-state index contributed by atoms with van der Waals surface area (Å²) in [5, 5.41) is 41.3. The van der Waals surface area contributed by atoms with Crippen LogP contribution < -0.4 is 20.4 Å². The monoisotopic (exact) mass is 416 g/mol. The second-order valence-corrected chi connectivity index (χ2v) is 4.32. The van der Waals surface area contributed by atoms with Crippen LogP contribution in [0.2, 0.25) is 0 Å². The number of allylic oxidation sites excluding steroid dienone is 4. The van der Waals surface area contributed by atoms with E-state index in [2.05, 4.69) is 0 Å². The molecule has 0 bridgehead atoms. The molecule has 0 aromatic rings. The van der Waals surface area contributed by atoms with Crippen molar-refractivity contribution in [2.45, 2.75) is 0 Å². The molecule has 0 aromatic heterocycles. The van der Waals surface area contributed by atoms with E-state index in [0.717, 1.165) is 24.3 Å². The van der Waals surface area contributed by atoms with Crippen molar-refractivity contribution in [1.29, 1.82) is 0 Å². The molecule has 2 rings (SSSR count). The van der Waals surface area contributed by atoms with Crippen LogP contribution in [0.1, 0.15) is 0 Å². The Balaban J connectivity index is 0. The minimum absolute atomic E-state index is 0. The van der Waals surface area contributed by atoms with Gasteiger partial charge >= 0.3 is 34.1 Å². The van der Waals surface area contributed by atoms with Crippen molar-refractivity contribution in [2.24, 2.45) is 10.8 Å². The van der Waals surface area contributed by atoms with E-state index in [9.17, 15) is 39.6 Å². The van der Waals surface area contributed by atoms with Crippen molar-refractivity contribution in [2.75, 3.05) is 0 Å². The predicted molar refractivity (Wildman–Crippen MR) is 61.5 cm³/mol. The molecule has 0 unspecified atom stereocenters. The molecule has 0 aliphatic heterocycles. The Kier molecular flexibility index (Phi) is 9.29. The number of carbonyl (C=O) groups is 4. The van der Waals surface area contributed by atoms with Gasteiger partial charge in [0.15, 0.2) is 0 Å². The van der Waals surface area contributed by atoms with Gasteiger partial charge in [-0.1, -0.05) is 48.6 Å². The van der Waals surface area contributed by atoms with E-state index in [-0.39, 0.29) is 34.1 Å². The number of hydrogen-bond acceptors (Lipinski definition) is 8. The first-order chi connectivity index (χ1) is 10.2. The number of aliphatic carboxylic acids is 4. The standard InChI is InChI=1S/2C7H6O4.2Fe/c2*8-5(9)7(6(10)11)3-1-2-4-7;;/h2*1-4H,(H,8,9)(H,10,11);;/q;;2*+2/p-4. The maximum atomic E-state index is 10.3. The molecule has 0 saturated heterocycles. The molecule has 0 saturated carbocycles. The summed E-state index contributed by atoms with van der Waals surface area (Å²) in [7, 11) is 0. The summed E-state index contributed by atoms with van der Waals surface area (Å²) in [6, 6.07) is 0. The Morgan fingerprint density at radius 1 is 0.500 bits per heavy atom. The molecule has 0 fully saturated rings. The third kappa shape index (κ3) is 4.46. The van der Waals surface area contributed by atoms with Gasteiger partial charge in [0.1, 0.15) is 0 Å². The Labute approximate surface area is 157 Å². The van der Waals surface area contributed by atoms with Crippen molar-refractivity contribution in [3.63, 3.8) is 0 Å². The molecule has 0 amide bonds. The smallest absolute Gasteiger partial charge is 0.548 e. The number of carboxylic acids is 4. The first kappa shape index (κ1) is 24.1. The van der Waals surface area contributed by atoms with Crippen LogP contribution in [0.4, 0.5) is 0 Å². The Morgan fingerprint density at radius 2 is 0.667 bits per heavy atom. The molecular formula is C14H8Fe2O8. The Hall–Kier alpha value is -2.12. The first-order valence-electron chi connectivity index (χ1n) is 5.79. The summed E-state index contributed by atoms with van der Waals surface area (Å²) in [6.07, 6.45) is 9.35. The zero-order valence-corrected chi connectivity index (χ0v) is 13.8. The fourth-order valence-electron chi connectivity index (χ4n) is 1.65. The average Bonchev–Trinajstić information content (AvgIpc) is 3.10. The molecule has 0 N–H and O–H groups in total. The van der Waals surface area contributed by atoms with Gasteiger partial charge in [-0.05, 0) is 0 Å².